The van der Waals surface area contributed by atoms with Crippen molar-refractivity contribution in [1.29, 1.82) is 0 Å². The van der Waals surface area contributed by atoms with E-state index in [4.69, 9.17) is 11.6 Å². The second-order valence-corrected chi connectivity index (χ2v) is 6.61. The molecule has 4 heteroatoms. The lowest BCUT2D eigenvalue weighted by molar-refractivity contribution is -0.126. The van der Waals surface area contributed by atoms with Gasteiger partial charge in [0.25, 0.3) is 0 Å². The average molecular weight is 277 g/mol. The summed E-state index contributed by atoms with van der Waals surface area (Å²) in [6.45, 7) is 4.27. The van der Waals surface area contributed by atoms with Crippen LogP contribution in [0.2, 0.25) is 5.02 Å². The number of halogens is 1. The molecule has 1 fully saturated rings. The summed E-state index contributed by atoms with van der Waals surface area (Å²) < 4.78 is 0. The number of nitrogens with zero attached hydrogens (tertiary/aromatic N) is 1. The van der Waals surface area contributed by atoms with Crippen molar-refractivity contribution < 1.29 is 4.79 Å². The minimum absolute atomic E-state index is 0.0523. The van der Waals surface area contributed by atoms with Gasteiger partial charge in [-0.2, -0.15) is 5.10 Å². The molecule has 0 aromatic heterocycles. The van der Waals surface area contributed by atoms with Crippen LogP contribution in [0.3, 0.4) is 0 Å². The molecule has 1 N–H and O–H groups in total. The predicted molar refractivity (Wildman–Crippen MR) is 76.4 cm³/mol. The van der Waals surface area contributed by atoms with Crippen LogP contribution in [0, 0.1) is 11.3 Å². The summed E-state index contributed by atoms with van der Waals surface area (Å²) in [5.41, 5.74) is 4.86. The van der Waals surface area contributed by atoms with Crippen LogP contribution in [0.4, 0.5) is 0 Å². The number of hydrazone groups is 1. The number of hydrogen-bond acceptors (Lipinski definition) is 3. The molecular weight excluding hydrogens is 260 g/mol. The van der Waals surface area contributed by atoms with Crippen LogP contribution < -0.4 is 5.43 Å². The Morgan fingerprint density at radius 3 is 2.84 bits per heavy atom. The van der Waals surface area contributed by atoms with E-state index in [2.05, 4.69) is 24.4 Å². The molecule has 2 atom stereocenters. The van der Waals surface area contributed by atoms with Crippen molar-refractivity contribution in [3.05, 3.63) is 34.9 Å². The lowest BCUT2D eigenvalue weighted by atomic mass is 9.68. The molecule has 3 rings (SSSR count). The Hall–Kier alpha value is -1.35. The number of benzene rings is 1. The highest BCUT2D eigenvalue weighted by atomic mass is 35.5. The Morgan fingerprint density at radius 2 is 2.11 bits per heavy atom. The summed E-state index contributed by atoms with van der Waals surface area (Å²) in [6.07, 6.45) is 1.57. The van der Waals surface area contributed by atoms with E-state index in [1.165, 1.54) is 0 Å². The number of carbonyl (C=O) groups excluding carboxylic acids is 1. The predicted octanol–water partition coefficient (Wildman–Crippen LogP) is 3.02. The molecule has 100 valence electrons. The lowest BCUT2D eigenvalue weighted by Crippen LogP contribution is -2.45. The van der Waals surface area contributed by atoms with Crippen molar-refractivity contribution in [2.75, 3.05) is 0 Å². The summed E-state index contributed by atoms with van der Waals surface area (Å²) >= 11 is 6.22. The van der Waals surface area contributed by atoms with Crippen LogP contribution >= 0.6 is 11.6 Å². The molecule has 0 amide bonds. The number of nitrogens with one attached hydrogen (secondary N) is 1. The molecule has 0 radical (unpaired) electrons. The SMILES string of the molecule is CC1(C)CC(=O)[C@@H]2C(c3ccccc3Cl)=NN[C@H]2C1. The van der Waals surface area contributed by atoms with Crippen LogP contribution in [-0.2, 0) is 4.79 Å². The Balaban J connectivity index is 1.95. The molecule has 1 aliphatic carbocycles. The molecule has 1 aliphatic heterocycles. The Bertz CT molecular complexity index is 565. The molecule has 2 aliphatic rings. The molecule has 0 unspecified atom stereocenters. The zero-order chi connectivity index (χ0) is 13.6. The largest absolute Gasteiger partial charge is 0.306 e. The molecule has 19 heavy (non-hydrogen) atoms. The summed E-state index contributed by atoms with van der Waals surface area (Å²) in [7, 11) is 0. The number of fused-ring (bicyclic) bond motifs is 1. The van der Waals surface area contributed by atoms with Crippen molar-refractivity contribution >= 4 is 23.1 Å². The number of hydrogen-bond donors (Lipinski definition) is 1. The van der Waals surface area contributed by atoms with Gasteiger partial charge in [-0.05, 0) is 17.9 Å². The Labute approximate surface area is 118 Å². The van der Waals surface area contributed by atoms with Crippen molar-refractivity contribution in [2.45, 2.75) is 32.7 Å². The number of rotatable bonds is 1. The molecule has 0 bridgehead atoms. The maximum absolute atomic E-state index is 12.4. The van der Waals surface area contributed by atoms with E-state index in [0.717, 1.165) is 17.7 Å². The fourth-order valence-electron chi connectivity index (χ4n) is 3.17. The maximum Gasteiger partial charge on any atom is 0.144 e. The molecular formula is C15H17ClN2O. The van der Waals surface area contributed by atoms with Gasteiger partial charge in [0.2, 0.25) is 0 Å². The van der Waals surface area contributed by atoms with Crippen molar-refractivity contribution in [3.8, 4) is 0 Å². The fraction of sp³-hybridized carbons (Fsp3) is 0.467. The van der Waals surface area contributed by atoms with E-state index in [9.17, 15) is 4.79 Å². The van der Waals surface area contributed by atoms with E-state index in [1.54, 1.807) is 0 Å². The van der Waals surface area contributed by atoms with Gasteiger partial charge in [-0.25, -0.2) is 0 Å². The standard InChI is InChI=1S/C15H17ClN2O/c1-15(2)7-11-13(12(19)8-15)14(18-17-11)9-5-3-4-6-10(9)16/h3-6,11,13,17H,7-8H2,1-2H3/t11-,13+/m0/s1. The Kier molecular flexibility index (Phi) is 2.90. The van der Waals surface area contributed by atoms with Crippen LogP contribution in [0.5, 0.6) is 0 Å². The third-order valence-corrected chi connectivity index (χ3v) is 4.30. The van der Waals surface area contributed by atoms with Crippen LogP contribution in [0.25, 0.3) is 0 Å². The van der Waals surface area contributed by atoms with Gasteiger partial charge >= 0.3 is 0 Å². The monoisotopic (exact) mass is 276 g/mol. The zero-order valence-corrected chi connectivity index (χ0v) is 11.9. The van der Waals surface area contributed by atoms with Crippen LogP contribution in [0.15, 0.2) is 29.4 Å². The molecule has 1 heterocycles. The first-order valence-electron chi connectivity index (χ1n) is 6.59. The first-order chi connectivity index (χ1) is 8.98. The van der Waals surface area contributed by atoms with E-state index in [-0.39, 0.29) is 23.2 Å². The minimum atomic E-state index is -0.145. The second-order valence-electron chi connectivity index (χ2n) is 6.20. The highest BCUT2D eigenvalue weighted by Gasteiger charge is 2.46. The lowest BCUT2D eigenvalue weighted by Gasteiger charge is -2.36. The molecule has 1 aromatic carbocycles. The quantitative estimate of drug-likeness (QED) is 0.857. The smallest absolute Gasteiger partial charge is 0.144 e. The normalized spacial score (nSPS) is 28.6. The van der Waals surface area contributed by atoms with Gasteiger partial charge in [-0.3, -0.25) is 4.79 Å². The molecule has 1 aromatic rings. The summed E-state index contributed by atoms with van der Waals surface area (Å²) in [5.74, 6) is 0.123. The number of ketones is 1. The Morgan fingerprint density at radius 1 is 1.37 bits per heavy atom. The van der Waals surface area contributed by atoms with E-state index < -0.39 is 0 Å². The highest BCUT2D eigenvalue weighted by molar-refractivity contribution is 6.35. The van der Waals surface area contributed by atoms with Gasteiger partial charge in [0.15, 0.2) is 0 Å². The zero-order valence-electron chi connectivity index (χ0n) is 11.1. The minimum Gasteiger partial charge on any atom is -0.306 e. The van der Waals surface area contributed by atoms with Gasteiger partial charge in [0, 0.05) is 17.0 Å². The van der Waals surface area contributed by atoms with Crippen LogP contribution in [0.1, 0.15) is 32.3 Å². The number of Topliss-reactive ketones (excluding diaryl/α,β-unsaturated/α-hetero) is 1. The molecule has 1 saturated carbocycles. The van der Waals surface area contributed by atoms with Crippen molar-refractivity contribution in [3.63, 3.8) is 0 Å². The van der Waals surface area contributed by atoms with E-state index in [0.29, 0.717) is 11.4 Å². The van der Waals surface area contributed by atoms with Crippen molar-refractivity contribution in [1.82, 2.24) is 5.43 Å². The first-order valence-corrected chi connectivity index (χ1v) is 6.96. The van der Waals surface area contributed by atoms with Gasteiger partial charge in [-0.15, -0.1) is 0 Å². The summed E-state index contributed by atoms with van der Waals surface area (Å²) in [6, 6.07) is 7.69. The van der Waals surface area contributed by atoms with Crippen molar-refractivity contribution in [2.24, 2.45) is 16.4 Å². The molecule has 0 saturated heterocycles. The topological polar surface area (TPSA) is 41.5 Å². The van der Waals surface area contributed by atoms with E-state index >= 15 is 0 Å². The molecule has 0 spiro atoms. The maximum atomic E-state index is 12.4. The average Bonchev–Trinajstić information content (AvgIpc) is 2.71. The van der Waals surface area contributed by atoms with Gasteiger partial charge in [-0.1, -0.05) is 43.6 Å². The van der Waals surface area contributed by atoms with Gasteiger partial charge in [0.1, 0.15) is 5.78 Å². The van der Waals surface area contributed by atoms with Gasteiger partial charge in [0.05, 0.1) is 17.7 Å². The third-order valence-electron chi connectivity index (χ3n) is 3.97. The fourth-order valence-corrected chi connectivity index (χ4v) is 3.41. The third kappa shape index (κ3) is 2.16. The summed E-state index contributed by atoms with van der Waals surface area (Å²) in [4.78, 5) is 12.4. The van der Waals surface area contributed by atoms with E-state index in [1.807, 2.05) is 24.3 Å². The van der Waals surface area contributed by atoms with Gasteiger partial charge < -0.3 is 5.43 Å². The first kappa shape index (κ1) is 12.7. The number of carbonyl (C=O) groups is 1. The van der Waals surface area contributed by atoms with Crippen LogP contribution in [-0.4, -0.2) is 17.5 Å². The second kappa shape index (κ2) is 4.34. The molecule has 3 nitrogen and oxygen atoms in total. The highest BCUT2D eigenvalue weighted by Crippen LogP contribution is 2.40. The summed E-state index contributed by atoms with van der Waals surface area (Å²) in [5, 5.41) is 5.04.